The van der Waals surface area contributed by atoms with Crippen LogP contribution in [-0.2, 0) is 0 Å². The van der Waals surface area contributed by atoms with E-state index >= 15 is 0 Å². The van der Waals surface area contributed by atoms with Gasteiger partial charge in [-0.05, 0) is 30.7 Å². The average Bonchev–Trinajstić information content (AvgIpc) is 2.38. The summed E-state index contributed by atoms with van der Waals surface area (Å²) in [7, 11) is 0. The van der Waals surface area contributed by atoms with Crippen molar-refractivity contribution in [2.45, 2.75) is 6.92 Å². The van der Waals surface area contributed by atoms with E-state index in [1.165, 1.54) is 13.0 Å². The predicted molar refractivity (Wildman–Crippen MR) is 63.2 cm³/mol. The van der Waals surface area contributed by atoms with Crippen molar-refractivity contribution in [3.8, 4) is 0 Å². The first-order valence-electron chi connectivity index (χ1n) is 5.48. The molecule has 0 radical (unpaired) electrons. The number of hydrogen-bond donors (Lipinski definition) is 1. The largest absolute Gasteiger partial charge is 0.318 e. The van der Waals surface area contributed by atoms with Crippen LogP contribution in [0.2, 0.25) is 0 Å². The van der Waals surface area contributed by atoms with E-state index in [4.69, 9.17) is 0 Å². The van der Waals surface area contributed by atoms with Crippen LogP contribution < -0.4 is 5.32 Å². The molecule has 0 bridgehead atoms. The van der Waals surface area contributed by atoms with Crippen LogP contribution in [0.5, 0.6) is 0 Å². The minimum absolute atomic E-state index is 0.0641. The lowest BCUT2D eigenvalue weighted by Crippen LogP contribution is -2.17. The summed E-state index contributed by atoms with van der Waals surface area (Å²) in [5.41, 5.74) is -1.25. The Morgan fingerprint density at radius 3 is 2.45 bits per heavy atom. The topological polar surface area (TPSA) is 42.0 Å². The molecule has 1 aromatic carbocycles. The van der Waals surface area contributed by atoms with E-state index in [9.17, 15) is 22.4 Å². The third-order valence-electron chi connectivity index (χ3n) is 2.57. The van der Waals surface area contributed by atoms with Crippen LogP contribution in [0.3, 0.4) is 0 Å². The second kappa shape index (κ2) is 5.28. The molecule has 0 saturated heterocycles. The predicted octanol–water partition coefficient (Wildman–Crippen LogP) is 3.20. The number of anilines is 1. The summed E-state index contributed by atoms with van der Waals surface area (Å²) in [5.74, 6) is -5.67. The highest BCUT2D eigenvalue weighted by Crippen LogP contribution is 2.19. The lowest BCUT2D eigenvalue weighted by atomic mass is 10.1. The Morgan fingerprint density at radius 1 is 1.10 bits per heavy atom. The summed E-state index contributed by atoms with van der Waals surface area (Å²) in [6, 6.07) is 3.80. The number of hydrogen-bond acceptors (Lipinski definition) is 2. The van der Waals surface area contributed by atoms with Gasteiger partial charge in [0.25, 0.3) is 5.91 Å². The number of halogens is 4. The summed E-state index contributed by atoms with van der Waals surface area (Å²) in [6.45, 7) is 1.35. The summed E-state index contributed by atoms with van der Waals surface area (Å²) in [5, 5.41) is 1.94. The second-order valence-electron chi connectivity index (χ2n) is 3.98. The highest BCUT2D eigenvalue weighted by atomic mass is 19.1. The Bertz CT molecular complexity index is 688. The molecule has 0 atom stereocenters. The van der Waals surface area contributed by atoms with Crippen LogP contribution >= 0.6 is 0 Å². The van der Waals surface area contributed by atoms with Crippen molar-refractivity contribution in [3.05, 3.63) is 58.9 Å². The first-order chi connectivity index (χ1) is 9.40. The van der Waals surface area contributed by atoms with Crippen molar-refractivity contribution in [1.29, 1.82) is 0 Å². The van der Waals surface area contributed by atoms with Gasteiger partial charge in [-0.15, -0.1) is 0 Å². The number of carbonyl (C=O) groups excluding carboxylic acids is 1. The minimum atomic E-state index is -1.29. The molecule has 0 aliphatic heterocycles. The third-order valence-corrected chi connectivity index (χ3v) is 2.57. The highest BCUT2D eigenvalue weighted by Gasteiger charge is 2.20. The van der Waals surface area contributed by atoms with Crippen molar-refractivity contribution >= 4 is 11.6 Å². The van der Waals surface area contributed by atoms with Crippen LogP contribution in [0.1, 0.15) is 15.9 Å². The third kappa shape index (κ3) is 2.61. The van der Waals surface area contributed by atoms with Gasteiger partial charge in [-0.3, -0.25) is 4.79 Å². The number of aryl methyl sites for hydroxylation is 1. The SMILES string of the molecule is Cc1ccc(F)c(C(=O)Nc2ccc(F)nc2F)c1F. The first kappa shape index (κ1) is 14.0. The Morgan fingerprint density at radius 2 is 1.80 bits per heavy atom. The molecule has 0 saturated carbocycles. The number of aromatic nitrogens is 1. The minimum Gasteiger partial charge on any atom is -0.318 e. The molecule has 104 valence electrons. The molecule has 2 rings (SSSR count). The molecule has 1 amide bonds. The van der Waals surface area contributed by atoms with Gasteiger partial charge in [0.05, 0.1) is 5.69 Å². The molecule has 2 aromatic rings. The second-order valence-corrected chi connectivity index (χ2v) is 3.98. The average molecular weight is 284 g/mol. The van der Waals surface area contributed by atoms with E-state index in [1.807, 2.05) is 5.32 Å². The normalized spacial score (nSPS) is 10.4. The summed E-state index contributed by atoms with van der Waals surface area (Å²) in [6.07, 6.45) is 0. The molecular weight excluding hydrogens is 276 g/mol. The van der Waals surface area contributed by atoms with Gasteiger partial charge >= 0.3 is 0 Å². The van der Waals surface area contributed by atoms with Crippen molar-refractivity contribution in [1.82, 2.24) is 4.98 Å². The van der Waals surface area contributed by atoms with Gasteiger partial charge in [0.2, 0.25) is 11.9 Å². The lowest BCUT2D eigenvalue weighted by Gasteiger charge is -2.08. The van der Waals surface area contributed by atoms with Crippen LogP contribution in [0.4, 0.5) is 23.2 Å². The fourth-order valence-electron chi connectivity index (χ4n) is 1.55. The standard InChI is InChI=1S/C13H8F4N2O/c1-6-2-3-7(14)10(11(6)16)13(20)18-8-4-5-9(15)19-12(8)17/h2-5H,1H3,(H,18,20). The number of nitrogens with zero attached hydrogens (tertiary/aromatic N) is 1. The molecule has 0 aliphatic rings. The van der Waals surface area contributed by atoms with Crippen molar-refractivity contribution < 1.29 is 22.4 Å². The number of rotatable bonds is 2. The molecular formula is C13H8F4N2O. The molecule has 3 nitrogen and oxygen atoms in total. The maximum Gasteiger partial charge on any atom is 0.261 e. The maximum atomic E-state index is 13.7. The Balaban J connectivity index is 2.36. The molecule has 7 heteroatoms. The van der Waals surface area contributed by atoms with Crippen molar-refractivity contribution in [2.75, 3.05) is 5.32 Å². The van der Waals surface area contributed by atoms with E-state index in [2.05, 4.69) is 4.98 Å². The van der Waals surface area contributed by atoms with Crippen LogP contribution in [0.25, 0.3) is 0 Å². The zero-order valence-corrected chi connectivity index (χ0v) is 10.2. The Hall–Kier alpha value is -2.44. The number of benzene rings is 1. The van der Waals surface area contributed by atoms with Gasteiger partial charge in [-0.1, -0.05) is 6.07 Å². The number of pyridine rings is 1. The number of nitrogens with one attached hydrogen (secondary N) is 1. The molecule has 0 aliphatic carbocycles. The molecule has 1 aromatic heterocycles. The number of carbonyl (C=O) groups is 1. The maximum absolute atomic E-state index is 13.7. The highest BCUT2D eigenvalue weighted by molar-refractivity contribution is 6.04. The van der Waals surface area contributed by atoms with Gasteiger partial charge in [0, 0.05) is 0 Å². The molecule has 20 heavy (non-hydrogen) atoms. The summed E-state index contributed by atoms with van der Waals surface area (Å²) in [4.78, 5) is 14.6. The fourth-order valence-corrected chi connectivity index (χ4v) is 1.55. The molecule has 0 unspecified atom stereocenters. The zero-order chi connectivity index (χ0) is 14.9. The lowest BCUT2D eigenvalue weighted by molar-refractivity contribution is 0.101. The molecule has 1 heterocycles. The first-order valence-corrected chi connectivity index (χ1v) is 5.48. The summed E-state index contributed by atoms with van der Waals surface area (Å²) >= 11 is 0. The van der Waals surface area contributed by atoms with E-state index < -0.39 is 40.7 Å². The summed E-state index contributed by atoms with van der Waals surface area (Å²) < 4.78 is 53.0. The van der Waals surface area contributed by atoms with Crippen LogP contribution in [-0.4, -0.2) is 10.9 Å². The van der Waals surface area contributed by atoms with Gasteiger partial charge in [-0.25, -0.2) is 8.78 Å². The van der Waals surface area contributed by atoms with E-state index in [0.717, 1.165) is 18.2 Å². The quantitative estimate of drug-likeness (QED) is 0.679. The Labute approximate surface area is 111 Å². The van der Waals surface area contributed by atoms with Gasteiger partial charge in [0.1, 0.15) is 17.2 Å². The molecule has 1 N–H and O–H groups in total. The molecule has 0 spiro atoms. The van der Waals surface area contributed by atoms with E-state index in [1.54, 1.807) is 0 Å². The molecule has 0 fully saturated rings. The fraction of sp³-hybridized carbons (Fsp3) is 0.0769. The Kier molecular flexibility index (Phi) is 3.69. The van der Waals surface area contributed by atoms with Crippen molar-refractivity contribution in [3.63, 3.8) is 0 Å². The monoisotopic (exact) mass is 284 g/mol. The van der Waals surface area contributed by atoms with Gasteiger partial charge in [-0.2, -0.15) is 13.8 Å². The van der Waals surface area contributed by atoms with Crippen molar-refractivity contribution in [2.24, 2.45) is 0 Å². The van der Waals surface area contributed by atoms with E-state index in [0.29, 0.717) is 0 Å². The van der Waals surface area contributed by atoms with Crippen LogP contribution in [0.15, 0.2) is 24.3 Å². The van der Waals surface area contributed by atoms with Gasteiger partial charge < -0.3 is 5.32 Å². The van der Waals surface area contributed by atoms with E-state index in [-0.39, 0.29) is 5.56 Å². The number of amides is 1. The van der Waals surface area contributed by atoms with Crippen LogP contribution in [0, 0.1) is 30.5 Å². The smallest absolute Gasteiger partial charge is 0.261 e. The van der Waals surface area contributed by atoms with Gasteiger partial charge in [0.15, 0.2) is 0 Å². The zero-order valence-electron chi connectivity index (χ0n) is 10.2.